The van der Waals surface area contributed by atoms with E-state index in [9.17, 15) is 14.4 Å². The van der Waals surface area contributed by atoms with Crippen molar-refractivity contribution in [3.05, 3.63) is 58.3 Å². The highest BCUT2D eigenvalue weighted by Crippen LogP contribution is 2.53. The Bertz CT molecular complexity index is 898. The summed E-state index contributed by atoms with van der Waals surface area (Å²) in [7, 11) is 0. The maximum atomic E-state index is 13.3. The molecule has 0 bridgehead atoms. The lowest BCUT2D eigenvalue weighted by atomic mass is 9.75. The van der Waals surface area contributed by atoms with Gasteiger partial charge in [-0.15, -0.1) is 11.3 Å². The topological polar surface area (TPSA) is 75.7 Å². The van der Waals surface area contributed by atoms with Crippen LogP contribution in [0.25, 0.3) is 0 Å². The summed E-state index contributed by atoms with van der Waals surface area (Å²) in [6.07, 6.45) is 0. The van der Waals surface area contributed by atoms with E-state index in [0.717, 1.165) is 4.88 Å². The van der Waals surface area contributed by atoms with Gasteiger partial charge in [0.2, 0.25) is 11.8 Å². The summed E-state index contributed by atoms with van der Waals surface area (Å²) in [5.41, 5.74) is -0.755. The molecule has 146 valence electrons. The van der Waals surface area contributed by atoms with Gasteiger partial charge >= 0.3 is 5.97 Å². The monoisotopic (exact) mass is 398 g/mol. The van der Waals surface area contributed by atoms with E-state index < -0.39 is 29.4 Å². The van der Waals surface area contributed by atoms with E-state index in [-0.39, 0.29) is 25.0 Å². The number of rotatable bonds is 5. The summed E-state index contributed by atoms with van der Waals surface area (Å²) in [6.45, 7) is 3.99. The quantitative estimate of drug-likeness (QED) is 0.619. The number of carbonyl (C=O) groups is 3. The van der Waals surface area contributed by atoms with Crippen molar-refractivity contribution in [3.8, 4) is 0 Å². The molecule has 2 fully saturated rings. The molecule has 7 heteroatoms. The van der Waals surface area contributed by atoms with Crippen LogP contribution in [-0.4, -0.2) is 35.8 Å². The van der Waals surface area contributed by atoms with Gasteiger partial charge in [-0.25, -0.2) is 4.79 Å². The number of imide groups is 1. The fraction of sp³-hybridized carbons (Fsp3) is 0.381. The lowest BCUT2D eigenvalue weighted by Gasteiger charge is -2.33. The van der Waals surface area contributed by atoms with Gasteiger partial charge < -0.3 is 4.74 Å². The highest BCUT2D eigenvalue weighted by atomic mass is 32.1. The fourth-order valence-electron chi connectivity index (χ4n) is 4.51. The van der Waals surface area contributed by atoms with E-state index in [2.05, 4.69) is 5.32 Å². The van der Waals surface area contributed by atoms with Gasteiger partial charge in [-0.05, 0) is 30.9 Å². The molecule has 28 heavy (non-hydrogen) atoms. The van der Waals surface area contributed by atoms with Gasteiger partial charge in [-0.3, -0.25) is 19.8 Å². The molecule has 1 aromatic carbocycles. The molecule has 0 spiro atoms. The zero-order chi connectivity index (χ0) is 19.9. The van der Waals surface area contributed by atoms with Crippen molar-refractivity contribution in [3.63, 3.8) is 0 Å². The molecule has 1 N–H and O–H groups in total. The van der Waals surface area contributed by atoms with Crippen LogP contribution in [0, 0.1) is 11.8 Å². The van der Waals surface area contributed by atoms with Crippen LogP contribution in [0.1, 0.15) is 30.3 Å². The first-order chi connectivity index (χ1) is 13.6. The summed E-state index contributed by atoms with van der Waals surface area (Å²) < 4.78 is 5.43. The second-order valence-corrected chi connectivity index (χ2v) is 7.94. The Kier molecular flexibility index (Phi) is 4.81. The van der Waals surface area contributed by atoms with Gasteiger partial charge in [-0.1, -0.05) is 36.4 Å². The van der Waals surface area contributed by atoms with Gasteiger partial charge in [0.15, 0.2) is 5.54 Å². The molecule has 2 saturated heterocycles. The lowest BCUT2D eigenvalue weighted by molar-refractivity contribution is -0.157. The summed E-state index contributed by atoms with van der Waals surface area (Å²) >= 11 is 1.51. The highest BCUT2D eigenvalue weighted by molar-refractivity contribution is 7.10. The number of hydrogen-bond donors (Lipinski definition) is 1. The van der Waals surface area contributed by atoms with Crippen molar-refractivity contribution >= 4 is 29.1 Å². The Hall–Kier alpha value is -2.51. The number of carbonyl (C=O) groups excluding carboxylic acids is 3. The Labute approximate surface area is 167 Å². The molecule has 0 saturated carbocycles. The Morgan fingerprint density at radius 2 is 1.89 bits per heavy atom. The third-order valence-corrected chi connectivity index (χ3v) is 6.60. The SMILES string of the molecule is CCOC(=O)[C@]1(c2ccccc2)N[C@H](c2cccs2)[C@H]2C(=O)N(CC)C(=O)[C@@H]21. The molecule has 2 aliphatic rings. The molecular formula is C21H22N2O4S. The maximum Gasteiger partial charge on any atom is 0.331 e. The molecule has 2 aromatic rings. The number of benzene rings is 1. The normalized spacial score (nSPS) is 29.2. The number of nitrogens with one attached hydrogen (secondary N) is 1. The molecule has 0 unspecified atom stereocenters. The summed E-state index contributed by atoms with van der Waals surface area (Å²) in [4.78, 5) is 42.0. The maximum absolute atomic E-state index is 13.3. The molecule has 0 radical (unpaired) electrons. The van der Waals surface area contributed by atoms with Crippen LogP contribution in [0.2, 0.25) is 0 Å². The molecular weight excluding hydrogens is 376 g/mol. The number of likely N-dealkylation sites (tertiary alicyclic amines) is 1. The Morgan fingerprint density at radius 3 is 2.50 bits per heavy atom. The van der Waals surface area contributed by atoms with Gasteiger partial charge in [0.05, 0.1) is 24.5 Å². The van der Waals surface area contributed by atoms with Gasteiger partial charge in [0.25, 0.3) is 0 Å². The number of fused-ring (bicyclic) bond motifs is 1. The number of esters is 1. The van der Waals surface area contributed by atoms with Crippen LogP contribution >= 0.6 is 11.3 Å². The second-order valence-electron chi connectivity index (χ2n) is 6.96. The third kappa shape index (κ3) is 2.53. The van der Waals surface area contributed by atoms with E-state index in [1.165, 1.54) is 16.2 Å². The van der Waals surface area contributed by atoms with Gasteiger partial charge in [0, 0.05) is 11.4 Å². The molecule has 2 amide bonds. The fourth-order valence-corrected chi connectivity index (χ4v) is 5.33. The number of thiophene rings is 1. The predicted molar refractivity (Wildman–Crippen MR) is 104 cm³/mol. The summed E-state index contributed by atoms with van der Waals surface area (Å²) in [6, 6.07) is 12.5. The minimum atomic E-state index is -1.40. The molecule has 3 heterocycles. The molecule has 4 atom stereocenters. The lowest BCUT2D eigenvalue weighted by Crippen LogP contribution is -2.53. The van der Waals surface area contributed by atoms with Crippen molar-refractivity contribution in [2.45, 2.75) is 25.4 Å². The molecule has 2 aliphatic heterocycles. The highest BCUT2D eigenvalue weighted by Gasteiger charge is 2.69. The van der Waals surface area contributed by atoms with Crippen LogP contribution in [0.5, 0.6) is 0 Å². The molecule has 0 aliphatic carbocycles. The van der Waals surface area contributed by atoms with Crippen LogP contribution in [-0.2, 0) is 24.7 Å². The summed E-state index contributed by atoms with van der Waals surface area (Å²) in [5, 5.41) is 5.31. The van der Waals surface area contributed by atoms with E-state index in [0.29, 0.717) is 5.56 Å². The molecule has 4 rings (SSSR count). The minimum absolute atomic E-state index is 0.190. The third-order valence-electron chi connectivity index (χ3n) is 5.64. The first-order valence-corrected chi connectivity index (χ1v) is 10.3. The smallest absolute Gasteiger partial charge is 0.331 e. The number of amides is 2. The first-order valence-electron chi connectivity index (χ1n) is 9.45. The van der Waals surface area contributed by atoms with Crippen molar-refractivity contribution in [2.24, 2.45) is 11.8 Å². The van der Waals surface area contributed by atoms with Crippen molar-refractivity contribution < 1.29 is 19.1 Å². The second kappa shape index (κ2) is 7.14. The van der Waals surface area contributed by atoms with Gasteiger partial charge in [0.1, 0.15) is 0 Å². The minimum Gasteiger partial charge on any atom is -0.464 e. The molecule has 6 nitrogen and oxygen atoms in total. The van der Waals surface area contributed by atoms with Crippen LogP contribution in [0.3, 0.4) is 0 Å². The van der Waals surface area contributed by atoms with Crippen LogP contribution < -0.4 is 5.32 Å². The molecule has 1 aromatic heterocycles. The number of nitrogens with zero attached hydrogens (tertiary/aromatic N) is 1. The van der Waals surface area contributed by atoms with E-state index >= 15 is 0 Å². The standard InChI is InChI=1S/C21H22N2O4S/c1-3-23-18(24)15-16(19(23)25)21(20(26)27-4-2,13-9-6-5-7-10-13)22-17(15)14-11-8-12-28-14/h5-12,15-17,22H,3-4H2,1-2H3/t15-,16+,17+,21+/m0/s1. The van der Waals surface area contributed by atoms with E-state index in [1.807, 2.05) is 47.8 Å². The summed E-state index contributed by atoms with van der Waals surface area (Å²) in [5.74, 6) is -2.55. The van der Waals surface area contributed by atoms with Crippen molar-refractivity contribution in [1.29, 1.82) is 0 Å². The number of ether oxygens (including phenoxy) is 1. The average molecular weight is 398 g/mol. The van der Waals surface area contributed by atoms with Crippen molar-refractivity contribution in [2.75, 3.05) is 13.2 Å². The first kappa shape index (κ1) is 18.8. The van der Waals surface area contributed by atoms with Crippen LogP contribution in [0.15, 0.2) is 47.8 Å². The largest absolute Gasteiger partial charge is 0.464 e. The predicted octanol–water partition coefficient (Wildman–Crippen LogP) is 2.47. The van der Waals surface area contributed by atoms with Gasteiger partial charge in [-0.2, -0.15) is 0 Å². The Balaban J connectivity index is 1.93. The van der Waals surface area contributed by atoms with E-state index in [1.54, 1.807) is 13.8 Å². The van der Waals surface area contributed by atoms with Crippen molar-refractivity contribution in [1.82, 2.24) is 10.2 Å². The van der Waals surface area contributed by atoms with E-state index in [4.69, 9.17) is 4.74 Å². The zero-order valence-corrected chi connectivity index (χ0v) is 16.6. The Morgan fingerprint density at radius 1 is 1.14 bits per heavy atom. The van der Waals surface area contributed by atoms with Crippen LogP contribution in [0.4, 0.5) is 0 Å². The average Bonchev–Trinajstić information content (AvgIpc) is 3.40. The number of hydrogen-bond acceptors (Lipinski definition) is 6. The zero-order valence-electron chi connectivity index (χ0n) is 15.8.